The number of methoxy groups -OCH3 is 1. The molecule has 0 radical (unpaired) electrons. The number of rotatable bonds is 3. The molecule has 0 unspecified atom stereocenters. The molecule has 0 saturated heterocycles. The molecule has 0 N–H and O–H groups in total. The predicted molar refractivity (Wildman–Crippen MR) is 67.9 cm³/mol. The SMILES string of the molecule is COC(=O)CN(C)C(=O)c1cccc(C)c1Br. The van der Waals surface area contributed by atoms with Gasteiger partial charge in [-0.25, -0.2) is 0 Å². The second kappa shape index (κ2) is 5.82. The van der Waals surface area contributed by atoms with Gasteiger partial charge in [-0.3, -0.25) is 9.59 Å². The zero-order valence-electron chi connectivity index (χ0n) is 9.99. The average molecular weight is 300 g/mol. The number of amides is 1. The Morgan fingerprint density at radius 2 is 2.06 bits per heavy atom. The fourth-order valence-electron chi connectivity index (χ4n) is 1.35. The van der Waals surface area contributed by atoms with Crippen LogP contribution in [0.5, 0.6) is 0 Å². The van der Waals surface area contributed by atoms with Gasteiger partial charge in [0.05, 0.1) is 12.7 Å². The maximum atomic E-state index is 12.1. The van der Waals surface area contributed by atoms with E-state index in [1.54, 1.807) is 19.2 Å². The minimum absolute atomic E-state index is 0.0598. The highest BCUT2D eigenvalue weighted by atomic mass is 79.9. The van der Waals surface area contributed by atoms with Gasteiger partial charge in [0.25, 0.3) is 5.91 Å². The number of benzene rings is 1. The van der Waals surface area contributed by atoms with E-state index in [0.717, 1.165) is 10.0 Å². The molecule has 0 aromatic heterocycles. The second-order valence-corrected chi connectivity index (χ2v) is 4.47. The highest BCUT2D eigenvalue weighted by Crippen LogP contribution is 2.22. The number of hydrogen-bond acceptors (Lipinski definition) is 3. The van der Waals surface area contributed by atoms with E-state index >= 15 is 0 Å². The lowest BCUT2D eigenvalue weighted by Gasteiger charge is -2.17. The molecule has 0 aliphatic carbocycles. The van der Waals surface area contributed by atoms with Crippen LogP contribution in [0.1, 0.15) is 15.9 Å². The number of carbonyl (C=O) groups excluding carboxylic acids is 2. The molecule has 5 heteroatoms. The van der Waals surface area contributed by atoms with Crippen LogP contribution in [-0.2, 0) is 9.53 Å². The minimum Gasteiger partial charge on any atom is -0.468 e. The fraction of sp³-hybridized carbons (Fsp3) is 0.333. The van der Waals surface area contributed by atoms with Crippen LogP contribution in [0.3, 0.4) is 0 Å². The molecule has 17 heavy (non-hydrogen) atoms. The monoisotopic (exact) mass is 299 g/mol. The maximum Gasteiger partial charge on any atom is 0.325 e. The number of aryl methyl sites for hydroxylation is 1. The molecule has 1 aromatic rings. The van der Waals surface area contributed by atoms with E-state index in [1.165, 1.54) is 12.0 Å². The molecule has 0 spiro atoms. The molecule has 92 valence electrons. The quantitative estimate of drug-likeness (QED) is 0.802. The Morgan fingerprint density at radius 1 is 1.41 bits per heavy atom. The molecular formula is C12H14BrNO3. The van der Waals surface area contributed by atoms with Crippen molar-refractivity contribution in [3.8, 4) is 0 Å². The van der Waals surface area contributed by atoms with Crippen LogP contribution in [0, 0.1) is 6.92 Å². The number of likely N-dealkylation sites (N-methyl/N-ethyl adjacent to an activating group) is 1. The van der Waals surface area contributed by atoms with Crippen molar-refractivity contribution < 1.29 is 14.3 Å². The first-order valence-corrected chi connectivity index (χ1v) is 5.84. The largest absolute Gasteiger partial charge is 0.468 e. The number of hydrogen-bond donors (Lipinski definition) is 0. The summed E-state index contributed by atoms with van der Waals surface area (Å²) >= 11 is 3.37. The molecule has 0 fully saturated rings. The number of carbonyl (C=O) groups is 2. The molecule has 0 bridgehead atoms. The van der Waals surface area contributed by atoms with Crippen molar-refractivity contribution in [1.29, 1.82) is 0 Å². The Balaban J connectivity index is 2.89. The van der Waals surface area contributed by atoms with E-state index in [1.807, 2.05) is 13.0 Å². The third kappa shape index (κ3) is 3.30. The number of halogens is 1. The van der Waals surface area contributed by atoms with Crippen molar-refractivity contribution in [2.45, 2.75) is 6.92 Å². The summed E-state index contributed by atoms with van der Waals surface area (Å²) in [6, 6.07) is 5.42. The number of esters is 1. The van der Waals surface area contributed by atoms with Crippen LogP contribution in [0.2, 0.25) is 0 Å². The number of ether oxygens (including phenoxy) is 1. The minimum atomic E-state index is -0.440. The standard InChI is InChI=1S/C12H14BrNO3/c1-8-5-4-6-9(11(8)13)12(16)14(2)7-10(15)17-3/h4-6H,7H2,1-3H3. The lowest BCUT2D eigenvalue weighted by atomic mass is 10.1. The van der Waals surface area contributed by atoms with E-state index in [-0.39, 0.29) is 12.5 Å². The molecule has 0 saturated carbocycles. The first kappa shape index (κ1) is 13.7. The smallest absolute Gasteiger partial charge is 0.325 e. The highest BCUT2D eigenvalue weighted by molar-refractivity contribution is 9.10. The van der Waals surface area contributed by atoms with E-state index < -0.39 is 5.97 Å². The molecule has 1 aromatic carbocycles. The van der Waals surface area contributed by atoms with Gasteiger partial charge < -0.3 is 9.64 Å². The van der Waals surface area contributed by atoms with Crippen molar-refractivity contribution in [2.24, 2.45) is 0 Å². The molecule has 1 rings (SSSR count). The van der Waals surface area contributed by atoms with Crippen LogP contribution in [0.15, 0.2) is 22.7 Å². The number of nitrogens with zero attached hydrogens (tertiary/aromatic N) is 1. The van der Waals surface area contributed by atoms with E-state index in [9.17, 15) is 9.59 Å². The van der Waals surface area contributed by atoms with Crippen molar-refractivity contribution in [3.63, 3.8) is 0 Å². The summed E-state index contributed by atoms with van der Waals surface area (Å²) in [4.78, 5) is 24.5. The molecule has 0 atom stereocenters. The van der Waals surface area contributed by atoms with Gasteiger partial charge >= 0.3 is 5.97 Å². The summed E-state index contributed by atoms with van der Waals surface area (Å²) < 4.78 is 5.27. The van der Waals surface area contributed by atoms with Crippen LogP contribution >= 0.6 is 15.9 Å². The zero-order chi connectivity index (χ0) is 13.0. The van der Waals surface area contributed by atoms with Crippen LogP contribution in [-0.4, -0.2) is 37.5 Å². The van der Waals surface area contributed by atoms with Crippen molar-refractivity contribution >= 4 is 27.8 Å². The Bertz CT molecular complexity index is 445. The van der Waals surface area contributed by atoms with Crippen molar-refractivity contribution in [1.82, 2.24) is 4.90 Å². The van der Waals surface area contributed by atoms with Crippen LogP contribution < -0.4 is 0 Å². The molecular weight excluding hydrogens is 286 g/mol. The third-order valence-corrected chi connectivity index (χ3v) is 3.42. The molecule has 4 nitrogen and oxygen atoms in total. The van der Waals surface area contributed by atoms with Gasteiger partial charge in [-0.2, -0.15) is 0 Å². The zero-order valence-corrected chi connectivity index (χ0v) is 11.6. The van der Waals surface area contributed by atoms with Crippen molar-refractivity contribution in [3.05, 3.63) is 33.8 Å². The second-order valence-electron chi connectivity index (χ2n) is 3.67. The normalized spacial score (nSPS) is 9.88. The van der Waals surface area contributed by atoms with Crippen LogP contribution in [0.4, 0.5) is 0 Å². The Labute approximate surface area is 109 Å². The summed E-state index contributed by atoms with van der Waals surface area (Å²) in [6.07, 6.45) is 0. The molecule has 0 heterocycles. The van der Waals surface area contributed by atoms with Gasteiger partial charge in [0.15, 0.2) is 0 Å². The van der Waals surface area contributed by atoms with Crippen molar-refractivity contribution in [2.75, 3.05) is 20.7 Å². The third-order valence-electron chi connectivity index (χ3n) is 2.36. The maximum absolute atomic E-state index is 12.1. The lowest BCUT2D eigenvalue weighted by Crippen LogP contribution is -2.32. The Morgan fingerprint density at radius 3 is 2.65 bits per heavy atom. The summed E-state index contributed by atoms with van der Waals surface area (Å²) in [5.41, 5.74) is 1.51. The van der Waals surface area contributed by atoms with Gasteiger partial charge in [-0.05, 0) is 34.5 Å². The molecule has 0 aliphatic rings. The summed E-state index contributed by atoms with van der Waals surface area (Å²) in [5, 5.41) is 0. The fourth-order valence-corrected chi connectivity index (χ4v) is 1.78. The van der Waals surface area contributed by atoms with E-state index in [2.05, 4.69) is 20.7 Å². The predicted octanol–water partition coefficient (Wildman–Crippen LogP) is 2.00. The van der Waals surface area contributed by atoms with Gasteiger partial charge in [0.2, 0.25) is 0 Å². The first-order valence-electron chi connectivity index (χ1n) is 5.04. The Kier molecular flexibility index (Phi) is 4.69. The van der Waals surface area contributed by atoms with Gasteiger partial charge in [0.1, 0.15) is 6.54 Å². The van der Waals surface area contributed by atoms with E-state index in [0.29, 0.717) is 5.56 Å². The molecule has 0 aliphatic heterocycles. The topological polar surface area (TPSA) is 46.6 Å². The van der Waals surface area contributed by atoms with E-state index in [4.69, 9.17) is 0 Å². The average Bonchev–Trinajstić information content (AvgIpc) is 2.31. The van der Waals surface area contributed by atoms with Gasteiger partial charge in [-0.15, -0.1) is 0 Å². The summed E-state index contributed by atoms with van der Waals surface area (Å²) in [7, 11) is 2.86. The van der Waals surface area contributed by atoms with Gasteiger partial charge in [0, 0.05) is 11.5 Å². The first-order chi connectivity index (χ1) is 7.97. The highest BCUT2D eigenvalue weighted by Gasteiger charge is 2.17. The molecule has 1 amide bonds. The van der Waals surface area contributed by atoms with Crippen LogP contribution in [0.25, 0.3) is 0 Å². The lowest BCUT2D eigenvalue weighted by molar-refractivity contribution is -0.141. The van der Waals surface area contributed by atoms with Gasteiger partial charge in [-0.1, -0.05) is 12.1 Å². The summed E-state index contributed by atoms with van der Waals surface area (Å²) in [5.74, 6) is -0.657. The Hall–Kier alpha value is -1.36. The summed E-state index contributed by atoms with van der Waals surface area (Å²) in [6.45, 7) is 1.84.